The molecule has 3 N–H and O–H groups in total. The van der Waals surface area contributed by atoms with E-state index in [1.54, 1.807) is 66.7 Å². The molecule has 2 aromatic heterocycles. The Morgan fingerprint density at radius 3 is 2.47 bits per heavy atom. The highest BCUT2D eigenvalue weighted by molar-refractivity contribution is 5.99. The van der Waals surface area contributed by atoms with Crippen LogP contribution in [0.25, 0.3) is 11.1 Å². The van der Waals surface area contributed by atoms with Crippen LogP contribution in [0, 0.1) is 0 Å². The zero-order valence-electron chi connectivity index (χ0n) is 19.2. The number of alkyl halides is 3. The Morgan fingerprint density at radius 1 is 1.06 bits per heavy atom. The second-order valence-corrected chi connectivity index (χ2v) is 7.87. The van der Waals surface area contributed by atoms with Crippen LogP contribution >= 0.6 is 0 Å². The lowest BCUT2D eigenvalue weighted by molar-refractivity contribution is -0.127. The van der Waals surface area contributed by atoms with Crippen LogP contribution in [0.3, 0.4) is 0 Å². The van der Waals surface area contributed by atoms with Gasteiger partial charge in [0.2, 0.25) is 11.9 Å². The minimum Gasteiger partial charge on any atom is -0.339 e. The van der Waals surface area contributed by atoms with Crippen LogP contribution in [-0.2, 0) is 18.3 Å². The summed E-state index contributed by atoms with van der Waals surface area (Å²) in [6, 6.07) is 13.0. The van der Waals surface area contributed by atoms with Crippen molar-refractivity contribution in [2.24, 2.45) is 7.05 Å². The summed E-state index contributed by atoms with van der Waals surface area (Å²) in [4.78, 5) is 20.6. The highest BCUT2D eigenvalue weighted by Crippen LogP contribution is 2.31. The highest BCUT2D eigenvalue weighted by atomic mass is 19.4. The number of anilines is 5. The summed E-state index contributed by atoms with van der Waals surface area (Å²) in [6.45, 7) is 3.44. The average molecular weight is 493 g/mol. The number of nitrogens with one attached hydrogen (secondary N) is 3. The van der Waals surface area contributed by atoms with Gasteiger partial charge >= 0.3 is 6.18 Å². The largest absolute Gasteiger partial charge is 0.393 e. The number of rotatable bonds is 8. The van der Waals surface area contributed by atoms with E-state index in [1.165, 1.54) is 18.2 Å². The Morgan fingerprint density at radius 2 is 1.81 bits per heavy atom. The molecule has 11 heteroatoms. The van der Waals surface area contributed by atoms with Gasteiger partial charge in [-0.3, -0.25) is 9.48 Å². The fraction of sp³-hybridized carbons (Fsp3) is 0.120. The Kier molecular flexibility index (Phi) is 7.00. The predicted octanol–water partition coefficient (Wildman–Crippen LogP) is 5.59. The maximum Gasteiger partial charge on any atom is 0.393 e. The number of hydrogen-bond acceptors (Lipinski definition) is 6. The van der Waals surface area contributed by atoms with E-state index in [1.807, 2.05) is 0 Å². The zero-order valence-corrected chi connectivity index (χ0v) is 19.2. The van der Waals surface area contributed by atoms with Crippen molar-refractivity contribution < 1.29 is 18.0 Å². The fourth-order valence-corrected chi connectivity index (χ4v) is 3.40. The molecule has 1 amide bonds. The summed E-state index contributed by atoms with van der Waals surface area (Å²) in [5, 5.41) is 13.1. The van der Waals surface area contributed by atoms with Crippen molar-refractivity contribution in [1.29, 1.82) is 0 Å². The number of carbonyl (C=O) groups is 1. The number of amides is 1. The van der Waals surface area contributed by atoms with Crippen LogP contribution < -0.4 is 16.0 Å². The number of benzene rings is 2. The molecule has 0 saturated heterocycles. The molecule has 2 aromatic carbocycles. The molecule has 0 unspecified atom stereocenters. The van der Waals surface area contributed by atoms with E-state index in [2.05, 4.69) is 37.6 Å². The number of aromatic nitrogens is 4. The topological polar surface area (TPSA) is 96.8 Å². The Labute approximate surface area is 204 Å². The third-order valence-electron chi connectivity index (χ3n) is 5.00. The van der Waals surface area contributed by atoms with Crippen molar-refractivity contribution in [2.75, 3.05) is 16.0 Å². The van der Waals surface area contributed by atoms with Crippen molar-refractivity contribution in [3.63, 3.8) is 0 Å². The van der Waals surface area contributed by atoms with Crippen LogP contribution in [-0.4, -0.2) is 31.8 Å². The van der Waals surface area contributed by atoms with Crippen LogP contribution in [0.2, 0.25) is 0 Å². The summed E-state index contributed by atoms with van der Waals surface area (Å²) in [7, 11) is 1.78. The molecule has 0 aliphatic heterocycles. The smallest absolute Gasteiger partial charge is 0.339 e. The monoisotopic (exact) mass is 493 g/mol. The van der Waals surface area contributed by atoms with Gasteiger partial charge in [0.15, 0.2) is 0 Å². The van der Waals surface area contributed by atoms with E-state index in [0.29, 0.717) is 40.0 Å². The van der Waals surface area contributed by atoms with Crippen molar-refractivity contribution in [2.45, 2.75) is 12.6 Å². The molecule has 4 rings (SSSR count). The molecule has 4 aromatic rings. The van der Waals surface area contributed by atoms with E-state index in [4.69, 9.17) is 0 Å². The first-order chi connectivity index (χ1) is 17.2. The molecule has 0 aliphatic rings. The minimum atomic E-state index is -4.29. The number of aryl methyl sites for hydroxylation is 1. The zero-order chi connectivity index (χ0) is 25.7. The van der Waals surface area contributed by atoms with Crippen molar-refractivity contribution in [3.8, 4) is 11.1 Å². The molecular formula is C25H22F3N7O. The number of halogens is 3. The third kappa shape index (κ3) is 6.47. The molecule has 0 spiro atoms. The maximum absolute atomic E-state index is 12.8. The molecular weight excluding hydrogens is 471 g/mol. The quantitative estimate of drug-likeness (QED) is 0.277. The Bertz CT molecular complexity index is 1380. The van der Waals surface area contributed by atoms with E-state index in [9.17, 15) is 18.0 Å². The first kappa shape index (κ1) is 24.5. The Balaban J connectivity index is 1.67. The summed E-state index contributed by atoms with van der Waals surface area (Å²) in [5.41, 5.74) is 3.21. The second-order valence-electron chi connectivity index (χ2n) is 7.87. The van der Waals surface area contributed by atoms with E-state index in [-0.39, 0.29) is 11.5 Å². The molecule has 0 atom stereocenters. The summed E-state index contributed by atoms with van der Waals surface area (Å²) >= 11 is 0. The van der Waals surface area contributed by atoms with Gasteiger partial charge in [0.25, 0.3) is 0 Å². The minimum absolute atomic E-state index is 0.155. The van der Waals surface area contributed by atoms with Crippen molar-refractivity contribution >= 4 is 34.7 Å². The third-order valence-corrected chi connectivity index (χ3v) is 5.00. The molecule has 0 saturated carbocycles. The average Bonchev–Trinajstić information content (AvgIpc) is 3.23. The van der Waals surface area contributed by atoms with Gasteiger partial charge in [-0.25, -0.2) is 4.98 Å². The van der Waals surface area contributed by atoms with E-state index in [0.717, 1.165) is 0 Å². The molecule has 8 nitrogen and oxygen atoms in total. The maximum atomic E-state index is 12.8. The molecule has 0 fully saturated rings. The van der Waals surface area contributed by atoms with Gasteiger partial charge < -0.3 is 16.0 Å². The van der Waals surface area contributed by atoms with Crippen LogP contribution in [0.4, 0.5) is 42.0 Å². The van der Waals surface area contributed by atoms with Gasteiger partial charge in [-0.15, -0.1) is 0 Å². The first-order valence-electron chi connectivity index (χ1n) is 10.8. The molecule has 2 heterocycles. The van der Waals surface area contributed by atoms with Crippen LogP contribution in [0.1, 0.15) is 5.56 Å². The highest BCUT2D eigenvalue weighted by Gasteiger charge is 2.27. The molecule has 36 heavy (non-hydrogen) atoms. The lowest BCUT2D eigenvalue weighted by Gasteiger charge is -2.14. The number of hydrogen-bond donors (Lipinski definition) is 3. The summed E-state index contributed by atoms with van der Waals surface area (Å²) in [5.74, 6) is 0.350. The predicted molar refractivity (Wildman–Crippen MR) is 132 cm³/mol. The first-order valence-corrected chi connectivity index (χ1v) is 10.8. The van der Waals surface area contributed by atoms with E-state index < -0.39 is 12.6 Å². The lowest BCUT2D eigenvalue weighted by atomic mass is 10.0. The standard InChI is InChI=1S/C25H22F3N7O/c1-3-22(36)31-18-5-4-6-19(11-18)32-23-21(17-9-7-16(8-10-17)12-25(26,27)28)14-29-24(34-23)33-20-13-30-35(2)15-20/h3-11,13-15H,1,12H2,2H3,(H,31,36)(H2,29,32,33,34). The fourth-order valence-electron chi connectivity index (χ4n) is 3.40. The molecule has 184 valence electrons. The summed E-state index contributed by atoms with van der Waals surface area (Å²) in [6.07, 6.45) is 0.831. The lowest BCUT2D eigenvalue weighted by Crippen LogP contribution is -2.11. The second kappa shape index (κ2) is 10.3. The number of nitrogens with zero attached hydrogens (tertiary/aromatic N) is 4. The van der Waals surface area contributed by atoms with Gasteiger partial charge in [-0.05, 0) is 35.4 Å². The van der Waals surface area contributed by atoms with Gasteiger partial charge in [0, 0.05) is 36.4 Å². The van der Waals surface area contributed by atoms with Gasteiger partial charge in [0.05, 0.1) is 18.3 Å². The molecule has 0 bridgehead atoms. The van der Waals surface area contributed by atoms with Gasteiger partial charge in [0.1, 0.15) is 5.82 Å². The van der Waals surface area contributed by atoms with Crippen molar-refractivity contribution in [1.82, 2.24) is 19.7 Å². The van der Waals surface area contributed by atoms with Crippen LogP contribution in [0.5, 0.6) is 0 Å². The Hall–Kier alpha value is -4.67. The van der Waals surface area contributed by atoms with Crippen molar-refractivity contribution in [3.05, 3.63) is 85.3 Å². The molecule has 0 aliphatic carbocycles. The number of carbonyl (C=O) groups excluding carboxylic acids is 1. The van der Waals surface area contributed by atoms with Crippen LogP contribution in [0.15, 0.2) is 79.8 Å². The van der Waals surface area contributed by atoms with Gasteiger partial charge in [-0.2, -0.15) is 23.3 Å². The van der Waals surface area contributed by atoms with E-state index >= 15 is 0 Å². The normalized spacial score (nSPS) is 11.1. The summed E-state index contributed by atoms with van der Waals surface area (Å²) < 4.78 is 39.9. The van der Waals surface area contributed by atoms with Gasteiger partial charge in [-0.1, -0.05) is 36.9 Å². The molecule has 0 radical (unpaired) electrons. The SMILES string of the molecule is C=CC(=O)Nc1cccc(Nc2nc(Nc3cnn(C)c3)ncc2-c2ccc(CC(F)(F)F)cc2)c1.